The number of hydrogen-bond acceptors (Lipinski definition) is 2. The molecule has 6 unspecified atom stereocenters. The molecule has 2 aliphatic heterocycles. The molecule has 54 valence electrons. The normalized spacial score (nSPS) is 74.4. The van der Waals surface area contributed by atoms with E-state index in [1.807, 2.05) is 0 Å². The lowest BCUT2D eigenvalue weighted by atomic mass is 9.79. The first kappa shape index (κ1) is 4.73. The van der Waals surface area contributed by atoms with E-state index in [1.54, 1.807) is 0 Å². The predicted octanol–water partition coefficient (Wildman–Crippen LogP) is -0.436. The second kappa shape index (κ2) is 1.16. The van der Waals surface area contributed by atoms with Crippen molar-refractivity contribution in [1.29, 1.82) is 0 Å². The van der Waals surface area contributed by atoms with E-state index in [1.165, 1.54) is 13.0 Å². The summed E-state index contributed by atoms with van der Waals surface area (Å²) in [6.07, 6.45) is 1.53. The SMILES string of the molecule is C1NC2C1C1CC2C2NC12. The standard InChI is InChI=1S/C8H12N2/c1-3-5-2-9-6(5)4(1)8-7(3)10-8/h3-10H,1-2H2. The smallest absolute Gasteiger partial charge is 0.0270 e. The van der Waals surface area contributed by atoms with E-state index in [0.717, 1.165) is 35.9 Å². The van der Waals surface area contributed by atoms with E-state index in [2.05, 4.69) is 10.6 Å². The van der Waals surface area contributed by atoms with Crippen molar-refractivity contribution in [3.8, 4) is 0 Å². The van der Waals surface area contributed by atoms with Gasteiger partial charge in [-0.05, 0) is 24.2 Å². The fourth-order valence-corrected chi connectivity index (χ4v) is 3.64. The van der Waals surface area contributed by atoms with Gasteiger partial charge in [-0.3, -0.25) is 0 Å². The molecular weight excluding hydrogens is 124 g/mol. The van der Waals surface area contributed by atoms with Crippen LogP contribution in [-0.4, -0.2) is 24.7 Å². The monoisotopic (exact) mass is 136 g/mol. The maximum absolute atomic E-state index is 3.59. The van der Waals surface area contributed by atoms with Crippen LogP contribution in [-0.2, 0) is 0 Å². The third kappa shape index (κ3) is 0.311. The average molecular weight is 136 g/mol. The number of piperidine rings is 1. The van der Waals surface area contributed by atoms with Gasteiger partial charge in [-0.1, -0.05) is 0 Å². The van der Waals surface area contributed by atoms with E-state index in [4.69, 9.17) is 0 Å². The molecule has 0 amide bonds. The van der Waals surface area contributed by atoms with Gasteiger partial charge in [0.25, 0.3) is 0 Å². The van der Waals surface area contributed by atoms with Crippen molar-refractivity contribution in [1.82, 2.24) is 10.6 Å². The van der Waals surface area contributed by atoms with Gasteiger partial charge >= 0.3 is 0 Å². The fraction of sp³-hybridized carbons (Fsp3) is 1.00. The van der Waals surface area contributed by atoms with Crippen LogP contribution in [0.1, 0.15) is 6.42 Å². The summed E-state index contributed by atoms with van der Waals surface area (Å²) in [4.78, 5) is 0. The van der Waals surface area contributed by atoms with Gasteiger partial charge in [0.15, 0.2) is 0 Å². The van der Waals surface area contributed by atoms with Crippen LogP contribution in [0.5, 0.6) is 0 Å². The van der Waals surface area contributed by atoms with Gasteiger partial charge < -0.3 is 10.6 Å². The van der Waals surface area contributed by atoms with E-state index < -0.39 is 0 Å². The summed E-state index contributed by atoms with van der Waals surface area (Å²) in [6.45, 7) is 1.32. The largest absolute Gasteiger partial charge is 0.313 e. The molecule has 2 saturated carbocycles. The highest BCUT2D eigenvalue weighted by Gasteiger charge is 2.67. The second-order valence-corrected chi connectivity index (χ2v) is 4.38. The zero-order valence-electron chi connectivity index (χ0n) is 5.88. The van der Waals surface area contributed by atoms with E-state index >= 15 is 0 Å². The van der Waals surface area contributed by atoms with E-state index in [9.17, 15) is 0 Å². The molecule has 2 bridgehead atoms. The van der Waals surface area contributed by atoms with Crippen molar-refractivity contribution in [2.24, 2.45) is 17.8 Å². The summed E-state index contributed by atoms with van der Waals surface area (Å²) in [5.41, 5.74) is 0. The van der Waals surface area contributed by atoms with Crippen LogP contribution >= 0.6 is 0 Å². The van der Waals surface area contributed by atoms with Crippen molar-refractivity contribution in [3.63, 3.8) is 0 Å². The molecule has 10 heavy (non-hydrogen) atoms. The lowest BCUT2D eigenvalue weighted by molar-refractivity contribution is 0.173. The molecule has 6 atom stereocenters. The second-order valence-electron chi connectivity index (χ2n) is 4.38. The molecule has 0 spiro atoms. The molecule has 2 heterocycles. The Morgan fingerprint density at radius 3 is 2.50 bits per heavy atom. The number of nitrogens with one attached hydrogen (secondary N) is 2. The van der Waals surface area contributed by atoms with Gasteiger partial charge in [0.1, 0.15) is 0 Å². The molecule has 4 fully saturated rings. The molecule has 2 N–H and O–H groups in total. The van der Waals surface area contributed by atoms with Crippen LogP contribution in [0.3, 0.4) is 0 Å². The molecule has 4 aliphatic rings. The lowest BCUT2D eigenvalue weighted by Gasteiger charge is -2.40. The van der Waals surface area contributed by atoms with Gasteiger partial charge in [-0.2, -0.15) is 0 Å². The van der Waals surface area contributed by atoms with Gasteiger partial charge in [-0.15, -0.1) is 0 Å². The first-order valence-corrected chi connectivity index (χ1v) is 4.44. The maximum atomic E-state index is 3.59. The lowest BCUT2D eigenvalue weighted by Crippen LogP contribution is -2.57. The molecule has 0 aromatic heterocycles. The van der Waals surface area contributed by atoms with Crippen LogP contribution in [0.15, 0.2) is 0 Å². The van der Waals surface area contributed by atoms with Gasteiger partial charge in [0.2, 0.25) is 0 Å². The molecule has 2 saturated heterocycles. The highest BCUT2D eigenvalue weighted by molar-refractivity contribution is 5.25. The maximum Gasteiger partial charge on any atom is 0.0270 e. The summed E-state index contributed by atoms with van der Waals surface area (Å²) in [7, 11) is 0. The molecule has 2 heteroatoms. The van der Waals surface area contributed by atoms with Crippen molar-refractivity contribution in [2.45, 2.75) is 24.5 Å². The third-order valence-electron chi connectivity index (χ3n) is 4.19. The van der Waals surface area contributed by atoms with E-state index in [0.29, 0.717) is 0 Å². The number of rotatable bonds is 0. The molecule has 2 nitrogen and oxygen atoms in total. The number of hydrogen-bond donors (Lipinski definition) is 2. The Morgan fingerprint density at radius 2 is 1.80 bits per heavy atom. The molecular formula is C8H12N2. The minimum Gasteiger partial charge on any atom is -0.313 e. The fourth-order valence-electron chi connectivity index (χ4n) is 3.64. The van der Waals surface area contributed by atoms with Crippen LogP contribution in [0.25, 0.3) is 0 Å². The Morgan fingerprint density at radius 1 is 0.900 bits per heavy atom. The van der Waals surface area contributed by atoms with Crippen molar-refractivity contribution >= 4 is 0 Å². The highest BCUT2D eigenvalue weighted by atomic mass is 15.2. The van der Waals surface area contributed by atoms with Crippen LogP contribution in [0, 0.1) is 17.8 Å². The molecule has 4 rings (SSSR count). The average Bonchev–Trinajstić information content (AvgIpc) is 2.49. The Balaban J connectivity index is 1.83. The summed E-state index contributed by atoms with van der Waals surface area (Å²) in [5, 5.41) is 7.15. The van der Waals surface area contributed by atoms with E-state index in [-0.39, 0.29) is 0 Å². The quantitative estimate of drug-likeness (QED) is 0.443. The summed E-state index contributed by atoms with van der Waals surface area (Å²) in [5.74, 6) is 3.16. The first-order valence-electron chi connectivity index (χ1n) is 4.44. The van der Waals surface area contributed by atoms with Crippen LogP contribution < -0.4 is 10.6 Å². The van der Waals surface area contributed by atoms with Crippen molar-refractivity contribution in [2.75, 3.05) is 6.54 Å². The molecule has 0 aromatic rings. The Hall–Kier alpha value is -0.0800. The van der Waals surface area contributed by atoms with Gasteiger partial charge in [-0.25, -0.2) is 0 Å². The predicted molar refractivity (Wildman–Crippen MR) is 37.6 cm³/mol. The Labute approximate surface area is 60.4 Å². The topological polar surface area (TPSA) is 34.0 Å². The van der Waals surface area contributed by atoms with Crippen LogP contribution in [0.4, 0.5) is 0 Å². The third-order valence-corrected chi connectivity index (χ3v) is 4.19. The zero-order chi connectivity index (χ0) is 6.29. The Kier molecular flexibility index (Phi) is 0.551. The van der Waals surface area contributed by atoms with Crippen molar-refractivity contribution in [3.05, 3.63) is 0 Å². The van der Waals surface area contributed by atoms with Gasteiger partial charge in [0.05, 0.1) is 0 Å². The molecule has 0 aromatic carbocycles. The van der Waals surface area contributed by atoms with Crippen LogP contribution in [0.2, 0.25) is 0 Å². The minimum absolute atomic E-state index is 0.932. The van der Waals surface area contributed by atoms with Crippen molar-refractivity contribution < 1.29 is 0 Å². The highest BCUT2D eigenvalue weighted by Crippen LogP contribution is 2.57. The first-order chi connectivity index (χ1) is 4.95. The molecule has 2 aliphatic carbocycles. The summed E-state index contributed by atoms with van der Waals surface area (Å²) >= 11 is 0. The summed E-state index contributed by atoms with van der Waals surface area (Å²) in [6, 6.07) is 2.84. The number of fused-ring (bicyclic) bond motifs is 8. The minimum atomic E-state index is 0.932. The van der Waals surface area contributed by atoms with Gasteiger partial charge in [0, 0.05) is 24.7 Å². The molecule has 0 radical (unpaired) electrons. The zero-order valence-corrected chi connectivity index (χ0v) is 5.88. The Bertz CT molecular complexity index is 183. The summed E-state index contributed by atoms with van der Waals surface area (Å²) < 4.78 is 0.